The summed E-state index contributed by atoms with van der Waals surface area (Å²) in [4.78, 5) is 21.0. The lowest BCUT2D eigenvalue weighted by Crippen LogP contribution is -2.12. The second kappa shape index (κ2) is 8.71. The minimum Gasteiger partial charge on any atom is -0.497 e. The summed E-state index contributed by atoms with van der Waals surface area (Å²) >= 11 is 0. The molecule has 0 aliphatic carbocycles. The Morgan fingerprint density at radius 3 is 2.29 bits per heavy atom. The van der Waals surface area contributed by atoms with Crippen LogP contribution >= 0.6 is 0 Å². The van der Waals surface area contributed by atoms with Gasteiger partial charge in [-0.2, -0.15) is 0 Å². The molecule has 0 bridgehead atoms. The van der Waals surface area contributed by atoms with Crippen LogP contribution in [0.5, 0.6) is 11.5 Å². The van der Waals surface area contributed by atoms with E-state index in [2.05, 4.69) is 15.3 Å². The van der Waals surface area contributed by atoms with Gasteiger partial charge in [0.25, 0.3) is 5.91 Å². The first-order valence-electron chi connectivity index (χ1n) is 9.68. The number of nitrogens with one attached hydrogen (secondary N) is 1. The van der Waals surface area contributed by atoms with E-state index in [4.69, 9.17) is 9.47 Å². The number of pyridine rings is 1. The molecule has 31 heavy (non-hydrogen) atoms. The molecule has 1 N–H and O–H groups in total. The minimum atomic E-state index is -0.195. The summed E-state index contributed by atoms with van der Waals surface area (Å²) < 4.78 is 12.8. The standard InChI is InChI=1S/C24H22N4O3/c1-16-26-15-23(18-11-21(30-2)13-22(12-18)31-3)28(16)20-8-6-17(7-9-20)24(29)27-19-5-4-10-25-14-19/h4-15H,1-3H3,(H,27,29). The molecule has 0 atom stereocenters. The molecule has 2 aromatic heterocycles. The maximum absolute atomic E-state index is 12.5. The molecule has 4 aromatic rings. The number of imidazole rings is 1. The minimum absolute atomic E-state index is 0.195. The number of amides is 1. The molecule has 7 heteroatoms. The SMILES string of the molecule is COc1cc(OC)cc(-c2cnc(C)n2-c2ccc(C(=O)Nc3cccnc3)cc2)c1. The zero-order valence-corrected chi connectivity index (χ0v) is 17.5. The molecule has 156 valence electrons. The molecule has 2 aromatic carbocycles. The number of methoxy groups -OCH3 is 2. The van der Waals surface area contributed by atoms with Crippen molar-refractivity contribution in [2.75, 3.05) is 19.5 Å². The molecule has 0 spiro atoms. The molecular weight excluding hydrogens is 392 g/mol. The topological polar surface area (TPSA) is 78.3 Å². The zero-order valence-electron chi connectivity index (χ0n) is 17.5. The van der Waals surface area contributed by atoms with E-state index in [-0.39, 0.29) is 5.91 Å². The summed E-state index contributed by atoms with van der Waals surface area (Å²) in [5, 5.41) is 2.84. The van der Waals surface area contributed by atoms with E-state index in [1.165, 1.54) is 0 Å². The van der Waals surface area contributed by atoms with Crippen molar-refractivity contribution in [2.24, 2.45) is 0 Å². The van der Waals surface area contributed by atoms with Gasteiger partial charge in [-0.3, -0.25) is 14.3 Å². The highest BCUT2D eigenvalue weighted by atomic mass is 16.5. The first-order valence-corrected chi connectivity index (χ1v) is 9.68. The smallest absolute Gasteiger partial charge is 0.255 e. The van der Waals surface area contributed by atoms with Crippen molar-refractivity contribution in [3.8, 4) is 28.4 Å². The summed E-state index contributed by atoms with van der Waals surface area (Å²) in [6.45, 7) is 1.93. The third-order valence-corrected chi connectivity index (χ3v) is 4.89. The third-order valence-electron chi connectivity index (χ3n) is 4.89. The van der Waals surface area contributed by atoms with Crippen molar-refractivity contribution in [1.29, 1.82) is 0 Å². The second-order valence-corrected chi connectivity index (χ2v) is 6.87. The summed E-state index contributed by atoms with van der Waals surface area (Å²) in [6.07, 6.45) is 5.08. The number of ether oxygens (including phenoxy) is 2. The first kappa shape index (κ1) is 20.2. The Morgan fingerprint density at radius 1 is 0.968 bits per heavy atom. The number of carbonyl (C=O) groups excluding carboxylic acids is 1. The van der Waals surface area contributed by atoms with E-state index in [0.29, 0.717) is 22.7 Å². The fourth-order valence-corrected chi connectivity index (χ4v) is 3.33. The van der Waals surface area contributed by atoms with Gasteiger partial charge in [-0.1, -0.05) is 0 Å². The molecule has 0 fully saturated rings. The van der Waals surface area contributed by atoms with Crippen LogP contribution in [-0.2, 0) is 0 Å². The average molecular weight is 414 g/mol. The van der Waals surface area contributed by atoms with Crippen LogP contribution in [0.3, 0.4) is 0 Å². The monoisotopic (exact) mass is 414 g/mol. The van der Waals surface area contributed by atoms with Crippen molar-refractivity contribution in [3.63, 3.8) is 0 Å². The molecule has 0 saturated carbocycles. The van der Waals surface area contributed by atoms with Crippen LogP contribution in [0.4, 0.5) is 5.69 Å². The Bertz CT molecular complexity index is 1180. The molecular formula is C24H22N4O3. The van der Waals surface area contributed by atoms with E-state index in [9.17, 15) is 4.79 Å². The largest absolute Gasteiger partial charge is 0.497 e. The maximum atomic E-state index is 12.5. The van der Waals surface area contributed by atoms with E-state index in [1.807, 2.05) is 48.0 Å². The van der Waals surface area contributed by atoms with E-state index >= 15 is 0 Å². The lowest BCUT2D eigenvalue weighted by molar-refractivity contribution is 0.102. The van der Waals surface area contributed by atoms with Crippen LogP contribution in [0.2, 0.25) is 0 Å². The van der Waals surface area contributed by atoms with Gasteiger partial charge in [-0.05, 0) is 55.5 Å². The Balaban J connectivity index is 1.66. The van der Waals surface area contributed by atoms with Crippen LogP contribution in [0, 0.1) is 6.92 Å². The molecule has 0 aliphatic rings. The quantitative estimate of drug-likeness (QED) is 0.502. The number of nitrogens with zero attached hydrogens (tertiary/aromatic N) is 3. The molecule has 7 nitrogen and oxygen atoms in total. The number of aryl methyl sites for hydroxylation is 1. The predicted octanol–water partition coefficient (Wildman–Crippen LogP) is 4.51. The van der Waals surface area contributed by atoms with Gasteiger partial charge in [0.2, 0.25) is 0 Å². The van der Waals surface area contributed by atoms with Gasteiger partial charge in [-0.15, -0.1) is 0 Å². The summed E-state index contributed by atoms with van der Waals surface area (Å²) in [5.74, 6) is 2.02. The third kappa shape index (κ3) is 4.25. The van der Waals surface area contributed by atoms with Crippen LogP contribution in [0.1, 0.15) is 16.2 Å². The Morgan fingerprint density at radius 2 is 1.68 bits per heavy atom. The van der Waals surface area contributed by atoms with Crippen LogP contribution in [0.15, 0.2) is 73.2 Å². The van der Waals surface area contributed by atoms with Gasteiger partial charge < -0.3 is 14.8 Å². The zero-order chi connectivity index (χ0) is 21.8. The number of anilines is 1. The fourth-order valence-electron chi connectivity index (χ4n) is 3.33. The van der Waals surface area contributed by atoms with Gasteiger partial charge in [0.05, 0.1) is 38.0 Å². The Labute approximate surface area is 180 Å². The van der Waals surface area contributed by atoms with Crippen molar-refractivity contribution in [3.05, 3.63) is 84.6 Å². The number of benzene rings is 2. The van der Waals surface area contributed by atoms with Crippen molar-refractivity contribution in [2.45, 2.75) is 6.92 Å². The number of hydrogen-bond acceptors (Lipinski definition) is 5. The first-order chi connectivity index (χ1) is 15.1. The van der Waals surface area contributed by atoms with Crippen molar-refractivity contribution >= 4 is 11.6 Å². The fraction of sp³-hybridized carbons (Fsp3) is 0.125. The van der Waals surface area contributed by atoms with Crippen molar-refractivity contribution < 1.29 is 14.3 Å². The van der Waals surface area contributed by atoms with Gasteiger partial charge in [0.1, 0.15) is 17.3 Å². The molecule has 0 unspecified atom stereocenters. The summed E-state index contributed by atoms with van der Waals surface area (Å²) in [6, 6.07) is 16.6. The number of aromatic nitrogens is 3. The predicted molar refractivity (Wildman–Crippen MR) is 119 cm³/mol. The van der Waals surface area contributed by atoms with Gasteiger partial charge >= 0.3 is 0 Å². The van der Waals surface area contributed by atoms with Crippen molar-refractivity contribution in [1.82, 2.24) is 14.5 Å². The molecule has 2 heterocycles. The number of rotatable bonds is 6. The van der Waals surface area contributed by atoms with Gasteiger partial charge in [-0.25, -0.2) is 4.98 Å². The molecule has 0 aliphatic heterocycles. The van der Waals surface area contributed by atoms with E-state index in [1.54, 1.807) is 50.9 Å². The normalized spacial score (nSPS) is 10.5. The molecule has 0 saturated heterocycles. The molecule has 1 amide bonds. The summed E-state index contributed by atoms with van der Waals surface area (Å²) in [7, 11) is 3.24. The van der Waals surface area contributed by atoms with Crippen LogP contribution in [0.25, 0.3) is 16.9 Å². The van der Waals surface area contributed by atoms with Gasteiger partial charge in [0.15, 0.2) is 0 Å². The van der Waals surface area contributed by atoms with Gasteiger partial charge in [0, 0.05) is 29.1 Å². The Hall–Kier alpha value is -4.13. The van der Waals surface area contributed by atoms with Crippen LogP contribution < -0.4 is 14.8 Å². The summed E-state index contributed by atoms with van der Waals surface area (Å²) in [5.41, 5.74) is 3.90. The highest BCUT2D eigenvalue weighted by Gasteiger charge is 2.14. The Kier molecular flexibility index (Phi) is 5.66. The average Bonchev–Trinajstić information content (AvgIpc) is 3.20. The maximum Gasteiger partial charge on any atom is 0.255 e. The lowest BCUT2D eigenvalue weighted by Gasteiger charge is -2.13. The highest BCUT2D eigenvalue weighted by molar-refractivity contribution is 6.04. The number of carbonyl (C=O) groups is 1. The number of hydrogen-bond donors (Lipinski definition) is 1. The lowest BCUT2D eigenvalue weighted by atomic mass is 10.1. The molecule has 4 rings (SSSR count). The van der Waals surface area contributed by atoms with E-state index < -0.39 is 0 Å². The highest BCUT2D eigenvalue weighted by Crippen LogP contribution is 2.32. The van der Waals surface area contributed by atoms with Crippen LogP contribution in [-0.4, -0.2) is 34.7 Å². The molecule has 0 radical (unpaired) electrons. The van der Waals surface area contributed by atoms with E-state index in [0.717, 1.165) is 22.8 Å². The second-order valence-electron chi connectivity index (χ2n) is 6.87.